The van der Waals surface area contributed by atoms with E-state index in [-0.39, 0.29) is 11.7 Å². The third-order valence-electron chi connectivity index (χ3n) is 5.25. The van der Waals surface area contributed by atoms with E-state index in [0.29, 0.717) is 12.5 Å². The first-order valence-electron chi connectivity index (χ1n) is 10.2. The number of rotatable bonds is 7. The summed E-state index contributed by atoms with van der Waals surface area (Å²) in [6.45, 7) is 9.88. The maximum Gasteiger partial charge on any atom is 0.263 e. The van der Waals surface area contributed by atoms with Gasteiger partial charge in [0.25, 0.3) is 5.56 Å². The van der Waals surface area contributed by atoms with Crippen molar-refractivity contribution in [2.75, 3.05) is 6.61 Å². The highest BCUT2D eigenvalue weighted by atomic mass is 32.2. The number of thiophene rings is 1. The van der Waals surface area contributed by atoms with Crippen LogP contribution in [0.4, 0.5) is 0 Å². The Labute approximate surface area is 183 Å². The van der Waals surface area contributed by atoms with Crippen molar-refractivity contribution in [2.45, 2.75) is 76.4 Å². The fraction of sp³-hybridized carbons (Fsp3) is 0.571. The minimum atomic E-state index is 0.0790. The first-order valence-corrected chi connectivity index (χ1v) is 12.9. The smallest absolute Gasteiger partial charge is 0.263 e. The molecule has 0 radical (unpaired) electrons. The molecule has 1 fully saturated rings. The molecule has 5 nitrogen and oxygen atoms in total. The molecule has 3 aromatic heterocycles. The second kappa shape index (κ2) is 8.88. The molecule has 1 unspecified atom stereocenters. The molecule has 3 aromatic rings. The van der Waals surface area contributed by atoms with E-state index < -0.39 is 0 Å². The van der Waals surface area contributed by atoms with Gasteiger partial charge in [-0.25, -0.2) is 9.97 Å². The molecule has 1 atom stereocenters. The molecule has 0 aliphatic carbocycles. The Balaban J connectivity index is 1.70. The average molecular weight is 450 g/mol. The normalized spacial score (nSPS) is 17.1. The third-order valence-corrected chi connectivity index (χ3v) is 8.50. The van der Waals surface area contributed by atoms with Gasteiger partial charge in [0.05, 0.1) is 28.7 Å². The Morgan fingerprint density at radius 2 is 2.21 bits per heavy atom. The Morgan fingerprint density at radius 3 is 2.86 bits per heavy atom. The van der Waals surface area contributed by atoms with Gasteiger partial charge in [0.1, 0.15) is 4.83 Å². The lowest BCUT2D eigenvalue weighted by molar-refractivity contribution is 0.0937. The fourth-order valence-electron chi connectivity index (χ4n) is 3.71. The van der Waals surface area contributed by atoms with Crippen LogP contribution in [0.1, 0.15) is 60.7 Å². The van der Waals surface area contributed by atoms with E-state index in [1.165, 1.54) is 4.88 Å². The van der Waals surface area contributed by atoms with Crippen LogP contribution < -0.4 is 5.56 Å². The van der Waals surface area contributed by atoms with E-state index in [0.717, 1.165) is 63.3 Å². The first kappa shape index (κ1) is 21.0. The number of nitrogens with zero attached hydrogens (tertiary/aromatic N) is 3. The van der Waals surface area contributed by atoms with E-state index in [9.17, 15) is 4.79 Å². The predicted molar refractivity (Wildman–Crippen MR) is 123 cm³/mol. The van der Waals surface area contributed by atoms with Gasteiger partial charge in [-0.05, 0) is 31.7 Å². The van der Waals surface area contributed by atoms with Crippen LogP contribution in [0.25, 0.3) is 10.2 Å². The van der Waals surface area contributed by atoms with Gasteiger partial charge in [-0.15, -0.1) is 22.7 Å². The van der Waals surface area contributed by atoms with Crippen molar-refractivity contribution in [3.8, 4) is 0 Å². The second-order valence-electron chi connectivity index (χ2n) is 7.74. The van der Waals surface area contributed by atoms with Gasteiger partial charge in [0.15, 0.2) is 5.16 Å². The van der Waals surface area contributed by atoms with Crippen LogP contribution in [-0.2, 0) is 23.5 Å². The summed E-state index contributed by atoms with van der Waals surface area (Å²) in [6.07, 6.45) is 3.02. The number of hydrogen-bond acceptors (Lipinski definition) is 7. The molecule has 1 aliphatic heterocycles. The van der Waals surface area contributed by atoms with Gasteiger partial charge in [-0.2, -0.15) is 0 Å². The van der Waals surface area contributed by atoms with E-state index >= 15 is 0 Å². The molecule has 156 valence electrons. The van der Waals surface area contributed by atoms with Crippen molar-refractivity contribution in [2.24, 2.45) is 0 Å². The van der Waals surface area contributed by atoms with Crippen molar-refractivity contribution in [1.82, 2.24) is 14.5 Å². The van der Waals surface area contributed by atoms with Crippen LogP contribution in [-0.4, -0.2) is 27.2 Å². The highest BCUT2D eigenvalue weighted by molar-refractivity contribution is 7.98. The second-order valence-corrected chi connectivity index (χ2v) is 10.8. The van der Waals surface area contributed by atoms with Crippen molar-refractivity contribution in [3.05, 3.63) is 36.9 Å². The van der Waals surface area contributed by atoms with Crippen LogP contribution in [0.3, 0.4) is 0 Å². The van der Waals surface area contributed by atoms with Gasteiger partial charge in [0.2, 0.25) is 0 Å². The zero-order chi connectivity index (χ0) is 20.5. The molecule has 4 heterocycles. The quantitative estimate of drug-likeness (QED) is 0.358. The summed E-state index contributed by atoms with van der Waals surface area (Å²) in [5.74, 6) is 1.16. The highest BCUT2D eigenvalue weighted by Gasteiger charge is 2.23. The third kappa shape index (κ3) is 4.31. The maximum atomic E-state index is 13.5. The molecule has 0 bridgehead atoms. The Morgan fingerprint density at radius 1 is 1.38 bits per heavy atom. The largest absolute Gasteiger partial charge is 0.376 e. The standard InChI is InChI=1S/C21H27N3O2S3/c1-5-16-13(4)29-19-17(16)20(25)24(9-15-7-6-8-26-15)21(23-19)28-11-14-10-27-18(22-14)12(2)3/h10,12,15H,5-9,11H2,1-4H3. The number of ether oxygens (including phenoxy) is 1. The Kier molecular flexibility index (Phi) is 6.44. The lowest BCUT2D eigenvalue weighted by Gasteiger charge is -2.15. The number of aryl methyl sites for hydroxylation is 2. The van der Waals surface area contributed by atoms with Gasteiger partial charge in [-0.3, -0.25) is 9.36 Å². The van der Waals surface area contributed by atoms with Crippen LogP contribution >= 0.6 is 34.4 Å². The monoisotopic (exact) mass is 449 g/mol. The summed E-state index contributed by atoms with van der Waals surface area (Å²) < 4.78 is 7.68. The van der Waals surface area contributed by atoms with Crippen LogP contribution in [0, 0.1) is 6.92 Å². The minimum Gasteiger partial charge on any atom is -0.376 e. The molecule has 1 saturated heterocycles. The SMILES string of the molecule is CCc1c(C)sc2nc(SCc3csc(C(C)C)n3)n(CC3CCCO3)c(=O)c12. The molecule has 0 spiro atoms. The van der Waals surface area contributed by atoms with Crippen molar-refractivity contribution in [1.29, 1.82) is 0 Å². The zero-order valence-corrected chi connectivity index (χ0v) is 19.8. The summed E-state index contributed by atoms with van der Waals surface area (Å²) in [5, 5.41) is 4.85. The summed E-state index contributed by atoms with van der Waals surface area (Å²) in [4.78, 5) is 25.2. The van der Waals surface area contributed by atoms with Crippen molar-refractivity contribution in [3.63, 3.8) is 0 Å². The van der Waals surface area contributed by atoms with Crippen LogP contribution in [0.2, 0.25) is 0 Å². The first-order chi connectivity index (χ1) is 14.0. The highest BCUT2D eigenvalue weighted by Crippen LogP contribution is 2.31. The Hall–Kier alpha value is -1.22. The lowest BCUT2D eigenvalue weighted by Crippen LogP contribution is -2.29. The summed E-state index contributed by atoms with van der Waals surface area (Å²) >= 11 is 4.94. The molecule has 8 heteroatoms. The van der Waals surface area contributed by atoms with Crippen LogP contribution in [0.5, 0.6) is 0 Å². The van der Waals surface area contributed by atoms with E-state index in [4.69, 9.17) is 14.7 Å². The van der Waals surface area contributed by atoms with Crippen LogP contribution in [0.15, 0.2) is 15.3 Å². The number of thioether (sulfide) groups is 1. The van der Waals surface area contributed by atoms with Gasteiger partial charge in [-0.1, -0.05) is 32.5 Å². The fourth-order valence-corrected chi connectivity index (χ4v) is 6.71. The summed E-state index contributed by atoms with van der Waals surface area (Å²) in [6, 6.07) is 0. The van der Waals surface area contributed by atoms with Gasteiger partial charge in [0, 0.05) is 28.5 Å². The van der Waals surface area contributed by atoms with E-state index in [2.05, 4.69) is 33.1 Å². The molecule has 29 heavy (non-hydrogen) atoms. The van der Waals surface area contributed by atoms with Crippen molar-refractivity contribution >= 4 is 44.7 Å². The predicted octanol–water partition coefficient (Wildman–Crippen LogP) is 5.38. The zero-order valence-electron chi connectivity index (χ0n) is 17.4. The van der Waals surface area contributed by atoms with E-state index in [1.54, 1.807) is 34.4 Å². The van der Waals surface area contributed by atoms with Crippen molar-refractivity contribution < 1.29 is 4.74 Å². The molecule has 0 amide bonds. The molecule has 0 saturated carbocycles. The summed E-state index contributed by atoms with van der Waals surface area (Å²) in [7, 11) is 0. The number of thiazole rings is 1. The number of fused-ring (bicyclic) bond motifs is 1. The molecule has 0 N–H and O–H groups in total. The minimum absolute atomic E-state index is 0.0790. The van der Waals surface area contributed by atoms with Gasteiger partial charge >= 0.3 is 0 Å². The lowest BCUT2D eigenvalue weighted by atomic mass is 10.1. The molecular weight excluding hydrogens is 422 g/mol. The maximum absolute atomic E-state index is 13.5. The van der Waals surface area contributed by atoms with E-state index in [1.807, 2.05) is 4.57 Å². The number of aromatic nitrogens is 3. The summed E-state index contributed by atoms with van der Waals surface area (Å²) in [5.41, 5.74) is 2.27. The molecule has 4 rings (SSSR count). The Bertz CT molecular complexity index is 1060. The molecule has 0 aromatic carbocycles. The topological polar surface area (TPSA) is 57.0 Å². The van der Waals surface area contributed by atoms with Gasteiger partial charge < -0.3 is 4.74 Å². The molecule has 1 aliphatic rings. The molecular formula is C21H27N3O2S3. The number of hydrogen-bond donors (Lipinski definition) is 0. The average Bonchev–Trinajstić information content (AvgIpc) is 3.42.